The van der Waals surface area contributed by atoms with Crippen LogP contribution in [0.3, 0.4) is 0 Å². The van der Waals surface area contributed by atoms with Crippen molar-refractivity contribution in [3.8, 4) is 11.5 Å². The van der Waals surface area contributed by atoms with Crippen molar-refractivity contribution < 1.29 is 43.7 Å². The molecule has 11 nitrogen and oxygen atoms in total. The summed E-state index contributed by atoms with van der Waals surface area (Å²) in [5.74, 6) is -3.80. The zero-order valence-corrected chi connectivity index (χ0v) is 18.6. The number of ketones is 1. The van der Waals surface area contributed by atoms with Crippen molar-refractivity contribution in [2.45, 2.75) is 31.2 Å². The molecule has 0 bridgehead atoms. The van der Waals surface area contributed by atoms with Gasteiger partial charge in [-0.2, -0.15) is 0 Å². The topological polar surface area (TPSA) is 160 Å². The van der Waals surface area contributed by atoms with E-state index < -0.39 is 47.1 Å². The van der Waals surface area contributed by atoms with Gasteiger partial charge >= 0.3 is 11.9 Å². The number of thioether (sulfide) groups is 1. The molecule has 0 saturated carbocycles. The summed E-state index contributed by atoms with van der Waals surface area (Å²) in [6.45, 7) is 1.90. The van der Waals surface area contributed by atoms with Gasteiger partial charge in [0.25, 0.3) is 11.8 Å². The predicted octanol–water partition coefficient (Wildman–Crippen LogP) is 0.422. The molecule has 2 amide bonds. The molecule has 2 aliphatic heterocycles. The number of hydrogen-bond acceptors (Lipinski definition) is 9. The molecule has 1 fully saturated rings. The van der Waals surface area contributed by atoms with E-state index in [0.717, 1.165) is 16.7 Å². The van der Waals surface area contributed by atoms with Crippen LogP contribution in [0.2, 0.25) is 0 Å². The first-order valence-electron chi connectivity index (χ1n) is 9.91. The van der Waals surface area contributed by atoms with Crippen molar-refractivity contribution in [3.05, 3.63) is 35.5 Å². The highest BCUT2D eigenvalue weighted by Gasteiger charge is 2.68. The minimum absolute atomic E-state index is 0.0177. The third-order valence-electron chi connectivity index (χ3n) is 5.11. The highest BCUT2D eigenvalue weighted by Crippen LogP contribution is 2.47. The van der Waals surface area contributed by atoms with Gasteiger partial charge < -0.3 is 25.0 Å². The number of hydrogen-bond donors (Lipinski definition) is 3. The van der Waals surface area contributed by atoms with Gasteiger partial charge in [0.05, 0.1) is 0 Å². The molecule has 0 radical (unpaired) electrons. The van der Waals surface area contributed by atoms with Crippen molar-refractivity contribution in [1.29, 1.82) is 0 Å². The average Bonchev–Trinajstić information content (AvgIpc) is 2.79. The highest BCUT2D eigenvalue weighted by atomic mass is 32.2. The lowest BCUT2D eigenvalue weighted by molar-refractivity contribution is -0.164. The van der Waals surface area contributed by atoms with Crippen LogP contribution in [0.25, 0.3) is 0 Å². The molecule has 2 aliphatic rings. The Labute approximate surface area is 192 Å². The fourth-order valence-electron chi connectivity index (χ4n) is 3.59. The number of nitrogens with zero attached hydrogens (tertiary/aromatic N) is 1. The Morgan fingerprint density at radius 3 is 2.48 bits per heavy atom. The lowest BCUT2D eigenvalue weighted by atomic mass is 9.81. The number of fused-ring (bicyclic) bond motifs is 1. The summed E-state index contributed by atoms with van der Waals surface area (Å²) in [7, 11) is 0. The van der Waals surface area contributed by atoms with E-state index in [1.807, 2.05) is 0 Å². The molecule has 0 aromatic heterocycles. The molecule has 12 heteroatoms. The maximum Gasteiger partial charge on any atom is 0.352 e. The van der Waals surface area contributed by atoms with Crippen molar-refractivity contribution >= 4 is 41.3 Å². The summed E-state index contributed by atoms with van der Waals surface area (Å²) < 4.78 is 10.2. The van der Waals surface area contributed by atoms with Crippen molar-refractivity contribution in [2.24, 2.45) is 0 Å². The summed E-state index contributed by atoms with van der Waals surface area (Å²) >= 11 is 1.09. The van der Waals surface area contributed by atoms with Crippen molar-refractivity contribution in [3.63, 3.8) is 0 Å². The zero-order valence-electron chi connectivity index (χ0n) is 17.8. The average molecular weight is 478 g/mol. The number of benzene rings is 1. The first kappa shape index (κ1) is 24.1. The number of carbonyl (C=O) groups excluding carboxylic acids is 4. The van der Waals surface area contributed by atoms with Gasteiger partial charge in [0.1, 0.15) is 29.2 Å². The van der Waals surface area contributed by atoms with Crippen molar-refractivity contribution in [2.75, 3.05) is 19.0 Å². The quantitative estimate of drug-likeness (QED) is 0.258. The number of phenolic OH excluding ortho intramolecular Hbond substituents is 1. The number of amides is 2. The normalized spacial score (nSPS) is 21.6. The van der Waals surface area contributed by atoms with E-state index >= 15 is 0 Å². The largest absolute Gasteiger partial charge is 0.508 e. The summed E-state index contributed by atoms with van der Waals surface area (Å²) in [4.78, 5) is 62.5. The standard InChI is InChI=1S/C21H22N2O9S/c1-3-15(26)21(22-16(27)9-32-14-6-4-13(25)5-7-14)19(30)23-17(18(28)29)12(8-31-11(2)24)10-33-20(21)23/h4-7,20,25H,3,8-10H2,1-2H3,(H,22,27)(H,28,29)/t20-,21+/m1/s1. The van der Waals surface area contributed by atoms with Crippen LogP contribution < -0.4 is 10.1 Å². The van der Waals surface area contributed by atoms with E-state index in [4.69, 9.17) is 9.47 Å². The number of nitrogens with one attached hydrogen (secondary N) is 1. The second-order valence-electron chi connectivity index (χ2n) is 7.29. The van der Waals surface area contributed by atoms with Crippen LogP contribution in [0, 0.1) is 0 Å². The molecule has 2 heterocycles. The molecule has 1 aromatic carbocycles. The predicted molar refractivity (Wildman–Crippen MR) is 114 cm³/mol. The fourth-order valence-corrected chi connectivity index (χ4v) is 5.06. The Morgan fingerprint density at radius 1 is 1.24 bits per heavy atom. The molecular formula is C21H22N2O9S. The molecule has 0 unspecified atom stereocenters. The maximum atomic E-state index is 13.2. The van der Waals surface area contributed by atoms with E-state index in [2.05, 4.69) is 5.32 Å². The van der Waals surface area contributed by atoms with Crippen molar-refractivity contribution in [1.82, 2.24) is 10.2 Å². The summed E-state index contributed by atoms with van der Waals surface area (Å²) in [5.41, 5.74) is -2.08. The number of aliphatic carboxylic acids is 1. The van der Waals surface area contributed by atoms with Crippen LogP contribution in [-0.2, 0) is 28.7 Å². The molecule has 176 valence electrons. The second kappa shape index (κ2) is 9.53. The summed E-state index contributed by atoms with van der Waals surface area (Å²) in [5, 5.41) is 20.5. The number of ether oxygens (including phenoxy) is 2. The molecular weight excluding hydrogens is 456 g/mol. The van der Waals surface area contributed by atoms with Gasteiger partial charge in [0.15, 0.2) is 12.4 Å². The Hall–Kier alpha value is -3.54. The van der Waals surface area contributed by atoms with Gasteiger partial charge in [0.2, 0.25) is 5.54 Å². The zero-order chi connectivity index (χ0) is 24.3. The van der Waals surface area contributed by atoms with E-state index in [1.54, 1.807) is 0 Å². The highest BCUT2D eigenvalue weighted by molar-refractivity contribution is 8.00. The first-order valence-corrected chi connectivity index (χ1v) is 11.0. The number of carbonyl (C=O) groups is 5. The Balaban J connectivity index is 1.82. The van der Waals surface area contributed by atoms with Gasteiger partial charge in [-0.3, -0.25) is 24.1 Å². The van der Waals surface area contributed by atoms with Crippen LogP contribution in [0.15, 0.2) is 35.5 Å². The van der Waals surface area contributed by atoms with Gasteiger partial charge in [-0.25, -0.2) is 4.79 Å². The number of esters is 1. The van der Waals surface area contributed by atoms with Gasteiger partial charge in [-0.05, 0) is 24.3 Å². The van der Waals surface area contributed by atoms with E-state index in [1.165, 1.54) is 38.1 Å². The Morgan fingerprint density at radius 2 is 1.91 bits per heavy atom. The monoisotopic (exact) mass is 478 g/mol. The maximum absolute atomic E-state index is 13.2. The van der Waals surface area contributed by atoms with Crippen LogP contribution in [-0.4, -0.2) is 74.5 Å². The number of Topliss-reactive ketones (excluding diaryl/α,β-unsaturated/α-hetero) is 1. The van der Waals surface area contributed by atoms with E-state index in [0.29, 0.717) is 5.75 Å². The van der Waals surface area contributed by atoms with Crippen LogP contribution in [0.1, 0.15) is 20.3 Å². The Bertz CT molecular complexity index is 1040. The van der Waals surface area contributed by atoms with Crippen LogP contribution in [0.5, 0.6) is 11.5 Å². The fraction of sp³-hybridized carbons (Fsp3) is 0.381. The number of β-lactam (4-membered cyclic amide) rings is 1. The summed E-state index contributed by atoms with van der Waals surface area (Å²) in [6.07, 6.45) is -0.0673. The van der Waals surface area contributed by atoms with Crippen LogP contribution >= 0.6 is 11.8 Å². The molecule has 33 heavy (non-hydrogen) atoms. The van der Waals surface area contributed by atoms with Gasteiger partial charge in [-0.1, -0.05) is 6.92 Å². The smallest absolute Gasteiger partial charge is 0.352 e. The first-order chi connectivity index (χ1) is 15.6. The molecule has 3 N–H and O–H groups in total. The summed E-state index contributed by atoms with van der Waals surface area (Å²) in [6, 6.07) is 5.62. The van der Waals surface area contributed by atoms with Crippen LogP contribution in [0.4, 0.5) is 0 Å². The third kappa shape index (κ3) is 4.51. The van der Waals surface area contributed by atoms with E-state index in [9.17, 15) is 34.2 Å². The number of phenols is 1. The SMILES string of the molecule is CCC(=O)[C@]1(NC(=O)COc2ccc(O)cc2)C(=O)N2C(C(=O)O)=C(COC(C)=O)CS[C@@H]21. The minimum Gasteiger partial charge on any atom is -0.508 e. The number of carboxylic acids is 1. The third-order valence-corrected chi connectivity index (χ3v) is 6.50. The number of rotatable bonds is 9. The molecule has 1 saturated heterocycles. The lowest BCUT2D eigenvalue weighted by Gasteiger charge is -2.56. The Kier molecular flexibility index (Phi) is 6.96. The minimum atomic E-state index is -1.93. The molecule has 0 aliphatic carbocycles. The second-order valence-corrected chi connectivity index (χ2v) is 8.36. The molecule has 1 aromatic rings. The lowest BCUT2D eigenvalue weighted by Crippen LogP contribution is -2.83. The van der Waals surface area contributed by atoms with Gasteiger partial charge in [-0.15, -0.1) is 11.8 Å². The van der Waals surface area contributed by atoms with E-state index in [-0.39, 0.29) is 35.8 Å². The molecule has 2 atom stereocenters. The number of aromatic hydroxyl groups is 1. The molecule has 0 spiro atoms. The van der Waals surface area contributed by atoms with Gasteiger partial charge in [0, 0.05) is 24.7 Å². The molecule has 3 rings (SSSR count). The number of carboxylic acid groups (broad SMARTS) is 1.